The molecule has 2 unspecified atom stereocenters. The molecule has 1 aromatic heterocycles. The molecule has 0 saturated heterocycles. The fourth-order valence-corrected chi connectivity index (χ4v) is 3.63. The molecule has 1 aliphatic rings. The number of benzene rings is 1. The zero-order valence-corrected chi connectivity index (χ0v) is 13.9. The molecule has 3 rings (SSSR count). The number of rotatable bonds is 3. The lowest BCUT2D eigenvalue weighted by Gasteiger charge is -2.27. The summed E-state index contributed by atoms with van der Waals surface area (Å²) in [5, 5.41) is 5.03. The molecule has 0 bridgehead atoms. The summed E-state index contributed by atoms with van der Waals surface area (Å²) in [6.07, 6.45) is 5.00. The van der Waals surface area contributed by atoms with Crippen LogP contribution < -0.4 is 5.32 Å². The van der Waals surface area contributed by atoms with Crippen molar-refractivity contribution in [3.05, 3.63) is 56.4 Å². The molecule has 1 aliphatic carbocycles. The van der Waals surface area contributed by atoms with E-state index in [1.165, 1.54) is 5.56 Å². The molecule has 1 heterocycles. The van der Waals surface area contributed by atoms with Crippen LogP contribution in [0.25, 0.3) is 0 Å². The molecule has 0 aliphatic heterocycles. The second-order valence-electron chi connectivity index (χ2n) is 5.40. The Morgan fingerprint density at radius 3 is 2.81 bits per heavy atom. The van der Waals surface area contributed by atoms with E-state index in [1.807, 2.05) is 6.07 Å². The maximum Gasteiger partial charge on any atom is 0.108 e. The van der Waals surface area contributed by atoms with Gasteiger partial charge in [-0.3, -0.25) is 0 Å². The van der Waals surface area contributed by atoms with Crippen LogP contribution in [0, 0.1) is 0 Å². The predicted octanol–water partition coefficient (Wildman–Crippen LogP) is 5.97. The zero-order valence-electron chi connectivity index (χ0n) is 11.6. The Kier molecular flexibility index (Phi) is 4.51. The Hall–Kier alpha value is -0.670. The van der Waals surface area contributed by atoms with E-state index in [0.717, 1.165) is 30.6 Å². The summed E-state index contributed by atoms with van der Waals surface area (Å²) in [4.78, 5) is 0. The minimum absolute atomic E-state index is 0.0816. The third-order valence-corrected chi connectivity index (χ3v) is 5.34. The SMILES string of the molecule is CC(NC1CCCc2occc21)c1ccc(Cl)c(Cl)c1Cl. The van der Waals surface area contributed by atoms with E-state index in [1.54, 1.807) is 12.3 Å². The van der Waals surface area contributed by atoms with Crippen molar-refractivity contribution in [3.8, 4) is 0 Å². The van der Waals surface area contributed by atoms with Crippen LogP contribution in [-0.4, -0.2) is 0 Å². The van der Waals surface area contributed by atoms with Gasteiger partial charge in [0, 0.05) is 24.1 Å². The maximum absolute atomic E-state index is 6.32. The van der Waals surface area contributed by atoms with Crippen molar-refractivity contribution in [3.63, 3.8) is 0 Å². The van der Waals surface area contributed by atoms with E-state index in [4.69, 9.17) is 39.2 Å². The highest BCUT2D eigenvalue weighted by Gasteiger charge is 2.25. The fraction of sp³-hybridized carbons (Fsp3) is 0.375. The first-order valence-corrected chi connectivity index (χ1v) is 8.17. The molecule has 112 valence electrons. The average molecular weight is 345 g/mol. The van der Waals surface area contributed by atoms with Gasteiger partial charge in [-0.25, -0.2) is 0 Å². The van der Waals surface area contributed by atoms with Gasteiger partial charge in [-0.05, 0) is 37.5 Å². The summed E-state index contributed by atoms with van der Waals surface area (Å²) < 4.78 is 5.53. The lowest BCUT2D eigenvalue weighted by atomic mass is 9.92. The van der Waals surface area contributed by atoms with Gasteiger partial charge in [-0.1, -0.05) is 40.9 Å². The number of fused-ring (bicyclic) bond motifs is 1. The smallest absolute Gasteiger partial charge is 0.108 e. The summed E-state index contributed by atoms with van der Waals surface area (Å²) >= 11 is 18.4. The molecule has 0 saturated carbocycles. The summed E-state index contributed by atoms with van der Waals surface area (Å²) in [6.45, 7) is 2.08. The minimum atomic E-state index is 0.0816. The molecular formula is C16H16Cl3NO. The van der Waals surface area contributed by atoms with Crippen molar-refractivity contribution >= 4 is 34.8 Å². The monoisotopic (exact) mass is 343 g/mol. The third kappa shape index (κ3) is 2.95. The Balaban J connectivity index is 1.82. The fourth-order valence-electron chi connectivity index (χ4n) is 2.93. The van der Waals surface area contributed by atoms with Crippen molar-refractivity contribution in [1.82, 2.24) is 5.32 Å². The van der Waals surface area contributed by atoms with Gasteiger partial charge < -0.3 is 9.73 Å². The quantitative estimate of drug-likeness (QED) is 0.694. The Morgan fingerprint density at radius 2 is 2.00 bits per heavy atom. The van der Waals surface area contributed by atoms with Gasteiger partial charge in [0.15, 0.2) is 0 Å². The van der Waals surface area contributed by atoms with Crippen molar-refractivity contribution < 1.29 is 4.42 Å². The largest absolute Gasteiger partial charge is 0.469 e. The molecule has 0 fully saturated rings. The van der Waals surface area contributed by atoms with Gasteiger partial charge in [0.25, 0.3) is 0 Å². The van der Waals surface area contributed by atoms with E-state index >= 15 is 0 Å². The van der Waals surface area contributed by atoms with Crippen LogP contribution in [0.1, 0.15) is 48.7 Å². The molecule has 5 heteroatoms. The second kappa shape index (κ2) is 6.21. The lowest BCUT2D eigenvalue weighted by Crippen LogP contribution is -2.27. The van der Waals surface area contributed by atoms with Gasteiger partial charge in [-0.15, -0.1) is 0 Å². The minimum Gasteiger partial charge on any atom is -0.469 e. The van der Waals surface area contributed by atoms with Gasteiger partial charge in [0.05, 0.1) is 21.3 Å². The van der Waals surface area contributed by atoms with Crippen molar-refractivity contribution in [2.75, 3.05) is 0 Å². The molecule has 0 spiro atoms. The molecule has 0 radical (unpaired) electrons. The summed E-state index contributed by atoms with van der Waals surface area (Å²) in [7, 11) is 0. The number of halogens is 3. The number of hydrogen-bond acceptors (Lipinski definition) is 2. The van der Waals surface area contributed by atoms with Crippen LogP contribution in [0.15, 0.2) is 28.9 Å². The van der Waals surface area contributed by atoms with Crippen molar-refractivity contribution in [1.29, 1.82) is 0 Å². The Bertz CT molecular complexity index is 653. The lowest BCUT2D eigenvalue weighted by molar-refractivity contribution is 0.386. The van der Waals surface area contributed by atoms with Crippen LogP contribution in [0.4, 0.5) is 0 Å². The molecular weight excluding hydrogens is 329 g/mol. The predicted molar refractivity (Wildman–Crippen MR) is 87.4 cm³/mol. The molecule has 0 amide bonds. The summed E-state index contributed by atoms with van der Waals surface area (Å²) in [5.74, 6) is 1.09. The highest BCUT2D eigenvalue weighted by Crippen LogP contribution is 2.37. The number of hydrogen-bond donors (Lipinski definition) is 1. The summed E-state index contributed by atoms with van der Waals surface area (Å²) in [6, 6.07) is 6.13. The van der Waals surface area contributed by atoms with Gasteiger partial charge >= 0.3 is 0 Å². The van der Waals surface area contributed by atoms with E-state index in [2.05, 4.69) is 18.3 Å². The summed E-state index contributed by atoms with van der Waals surface area (Å²) in [5.41, 5.74) is 2.21. The molecule has 2 aromatic rings. The van der Waals surface area contributed by atoms with Crippen molar-refractivity contribution in [2.24, 2.45) is 0 Å². The van der Waals surface area contributed by atoms with E-state index in [9.17, 15) is 0 Å². The highest BCUT2D eigenvalue weighted by atomic mass is 35.5. The number of nitrogens with one attached hydrogen (secondary N) is 1. The van der Waals surface area contributed by atoms with Crippen LogP contribution in [0.5, 0.6) is 0 Å². The average Bonchev–Trinajstić information content (AvgIpc) is 2.94. The normalized spacial score (nSPS) is 19.3. The van der Waals surface area contributed by atoms with Crippen LogP contribution >= 0.6 is 34.8 Å². The Morgan fingerprint density at radius 1 is 1.19 bits per heavy atom. The van der Waals surface area contributed by atoms with E-state index < -0.39 is 0 Å². The standard InChI is InChI=1S/C16H16Cl3NO/c1-9(10-5-6-12(17)16(19)15(10)18)20-13-3-2-4-14-11(13)7-8-21-14/h5-9,13,20H,2-4H2,1H3. The number of furan rings is 1. The zero-order chi connectivity index (χ0) is 15.0. The van der Waals surface area contributed by atoms with Gasteiger partial charge in [0.2, 0.25) is 0 Å². The molecule has 1 N–H and O–H groups in total. The van der Waals surface area contributed by atoms with Gasteiger partial charge in [-0.2, -0.15) is 0 Å². The van der Waals surface area contributed by atoms with E-state index in [-0.39, 0.29) is 12.1 Å². The van der Waals surface area contributed by atoms with E-state index in [0.29, 0.717) is 15.1 Å². The Labute approximate surface area is 139 Å². The molecule has 2 nitrogen and oxygen atoms in total. The molecule has 2 atom stereocenters. The molecule has 21 heavy (non-hydrogen) atoms. The molecule has 1 aromatic carbocycles. The highest BCUT2D eigenvalue weighted by molar-refractivity contribution is 6.48. The van der Waals surface area contributed by atoms with Gasteiger partial charge in [0.1, 0.15) is 5.76 Å². The first-order chi connectivity index (χ1) is 10.1. The first-order valence-electron chi connectivity index (χ1n) is 7.03. The maximum atomic E-state index is 6.32. The third-order valence-electron chi connectivity index (χ3n) is 4.03. The van der Waals surface area contributed by atoms with Crippen LogP contribution in [0.3, 0.4) is 0 Å². The number of aryl methyl sites for hydroxylation is 1. The topological polar surface area (TPSA) is 25.2 Å². The van der Waals surface area contributed by atoms with Crippen LogP contribution in [-0.2, 0) is 6.42 Å². The second-order valence-corrected chi connectivity index (χ2v) is 6.56. The first kappa shape index (κ1) is 15.2. The van der Waals surface area contributed by atoms with Crippen molar-refractivity contribution in [2.45, 2.75) is 38.3 Å². The van der Waals surface area contributed by atoms with Crippen LogP contribution in [0.2, 0.25) is 15.1 Å².